The second-order valence-corrected chi connectivity index (χ2v) is 8.10. The molecule has 4 rings (SSSR count). The summed E-state index contributed by atoms with van der Waals surface area (Å²) in [6.45, 7) is 7.21. The van der Waals surface area contributed by atoms with Crippen molar-refractivity contribution in [3.63, 3.8) is 0 Å². The van der Waals surface area contributed by atoms with E-state index in [4.69, 9.17) is 0 Å². The van der Waals surface area contributed by atoms with E-state index in [9.17, 15) is 4.79 Å². The molecule has 0 saturated carbocycles. The first-order valence-corrected chi connectivity index (χ1v) is 11.3. The zero-order valence-corrected chi connectivity index (χ0v) is 18.8. The molecule has 1 saturated heterocycles. The fourth-order valence-electron chi connectivity index (χ4n) is 3.96. The molecule has 1 amide bonds. The Morgan fingerprint density at radius 1 is 1.06 bits per heavy atom. The van der Waals surface area contributed by atoms with E-state index in [0.717, 1.165) is 35.9 Å². The van der Waals surface area contributed by atoms with E-state index < -0.39 is 0 Å². The lowest BCUT2D eigenvalue weighted by molar-refractivity contribution is 0.0988. The highest BCUT2D eigenvalue weighted by Crippen LogP contribution is 2.19. The number of hydrogen-bond donors (Lipinski definition) is 1. The number of nitrogens with one attached hydrogen (secondary N) is 1. The summed E-state index contributed by atoms with van der Waals surface area (Å²) in [5.74, 6) is 1.30. The number of hydrogen-bond acceptors (Lipinski definition) is 6. The molecule has 7 heteroatoms. The summed E-state index contributed by atoms with van der Waals surface area (Å²) in [5, 5.41) is 3.27. The molecule has 0 aliphatic carbocycles. The average Bonchev–Trinajstić information content (AvgIpc) is 2.84. The minimum Gasteiger partial charge on any atom is -0.350 e. The molecule has 1 aliphatic heterocycles. The van der Waals surface area contributed by atoms with E-state index in [1.165, 1.54) is 19.3 Å². The van der Waals surface area contributed by atoms with Crippen LogP contribution in [0.25, 0.3) is 0 Å². The molecule has 32 heavy (non-hydrogen) atoms. The van der Waals surface area contributed by atoms with E-state index >= 15 is 0 Å². The molecule has 1 fully saturated rings. The van der Waals surface area contributed by atoms with Gasteiger partial charge in [-0.3, -0.25) is 4.79 Å². The highest BCUT2D eigenvalue weighted by molar-refractivity contribution is 6.06. The van der Waals surface area contributed by atoms with Gasteiger partial charge >= 0.3 is 0 Å². The van der Waals surface area contributed by atoms with Crippen molar-refractivity contribution in [1.82, 2.24) is 15.0 Å². The summed E-state index contributed by atoms with van der Waals surface area (Å²) >= 11 is 0. The highest BCUT2D eigenvalue weighted by Gasteiger charge is 2.16. The van der Waals surface area contributed by atoms with Crippen LogP contribution >= 0.6 is 0 Å². The van der Waals surface area contributed by atoms with Crippen molar-refractivity contribution in [3.05, 3.63) is 71.5 Å². The first-order valence-electron chi connectivity index (χ1n) is 11.3. The van der Waals surface area contributed by atoms with Gasteiger partial charge in [0.05, 0.1) is 0 Å². The summed E-state index contributed by atoms with van der Waals surface area (Å²) in [4.78, 5) is 30.2. The standard InChI is InChI=1S/C25H30N6O/c1-3-31(22-9-7-8-19(2)16-22)23(32)21-12-10-20(11-13-21)17-26-24-27-18-28-25(29-24)30-14-5-4-6-15-30/h7-13,16,18H,3-6,14-15,17H2,1-2H3,(H,26,27,28,29). The maximum Gasteiger partial charge on any atom is 0.258 e. The van der Waals surface area contributed by atoms with Crippen LogP contribution in [0.1, 0.15) is 47.7 Å². The van der Waals surface area contributed by atoms with Crippen LogP contribution in [0.4, 0.5) is 17.6 Å². The molecule has 3 aromatic rings. The first-order chi connectivity index (χ1) is 15.6. The fraction of sp³-hybridized carbons (Fsp3) is 0.360. The van der Waals surface area contributed by atoms with Gasteiger partial charge in [-0.2, -0.15) is 4.98 Å². The van der Waals surface area contributed by atoms with Crippen molar-refractivity contribution in [3.8, 4) is 0 Å². The van der Waals surface area contributed by atoms with Crippen molar-refractivity contribution >= 4 is 23.5 Å². The quantitative estimate of drug-likeness (QED) is 0.597. The lowest BCUT2D eigenvalue weighted by Crippen LogP contribution is -2.31. The van der Waals surface area contributed by atoms with Gasteiger partial charge in [0.2, 0.25) is 11.9 Å². The molecule has 2 heterocycles. The van der Waals surface area contributed by atoms with Crippen LogP contribution in [0.2, 0.25) is 0 Å². The summed E-state index contributed by atoms with van der Waals surface area (Å²) in [6.07, 6.45) is 5.19. The molecular weight excluding hydrogens is 400 g/mol. The second kappa shape index (κ2) is 10.2. The monoisotopic (exact) mass is 430 g/mol. The van der Waals surface area contributed by atoms with Crippen molar-refractivity contribution in [2.24, 2.45) is 0 Å². The molecule has 2 aromatic carbocycles. The number of rotatable bonds is 7. The smallest absolute Gasteiger partial charge is 0.258 e. The number of carbonyl (C=O) groups is 1. The van der Waals surface area contributed by atoms with Gasteiger partial charge in [0.15, 0.2) is 0 Å². The summed E-state index contributed by atoms with van der Waals surface area (Å²) in [5.41, 5.74) is 3.78. The molecule has 1 aliphatic rings. The van der Waals surface area contributed by atoms with E-state index in [1.807, 2.05) is 62.4 Å². The third kappa shape index (κ3) is 5.22. The molecule has 0 atom stereocenters. The van der Waals surface area contributed by atoms with E-state index in [1.54, 1.807) is 11.2 Å². The minimum absolute atomic E-state index is 0.00116. The third-order valence-electron chi connectivity index (χ3n) is 5.72. The Hall–Kier alpha value is -3.48. The predicted octanol–water partition coefficient (Wildman–Crippen LogP) is 4.45. The molecule has 166 valence electrons. The fourth-order valence-corrected chi connectivity index (χ4v) is 3.96. The first kappa shape index (κ1) is 21.7. The van der Waals surface area contributed by atoms with Crippen LogP contribution in [0.15, 0.2) is 54.9 Å². The maximum atomic E-state index is 13.0. The van der Waals surface area contributed by atoms with Crippen molar-refractivity contribution in [2.45, 2.75) is 39.7 Å². The van der Waals surface area contributed by atoms with Gasteiger partial charge in [-0.25, -0.2) is 9.97 Å². The molecule has 0 unspecified atom stereocenters. The van der Waals surface area contributed by atoms with E-state index in [-0.39, 0.29) is 5.91 Å². The summed E-state index contributed by atoms with van der Waals surface area (Å²) < 4.78 is 0. The van der Waals surface area contributed by atoms with Gasteiger partial charge in [-0.15, -0.1) is 0 Å². The number of amides is 1. The largest absolute Gasteiger partial charge is 0.350 e. The molecular formula is C25H30N6O. The van der Waals surface area contributed by atoms with Crippen LogP contribution < -0.4 is 15.1 Å². The number of anilines is 3. The normalized spacial score (nSPS) is 13.6. The topological polar surface area (TPSA) is 74.2 Å². The Morgan fingerprint density at radius 2 is 1.84 bits per heavy atom. The predicted molar refractivity (Wildman–Crippen MR) is 128 cm³/mol. The van der Waals surface area contributed by atoms with Gasteiger partial charge in [-0.1, -0.05) is 24.3 Å². The zero-order valence-electron chi connectivity index (χ0n) is 18.8. The van der Waals surface area contributed by atoms with Crippen LogP contribution in [0, 0.1) is 6.92 Å². The highest BCUT2D eigenvalue weighted by atomic mass is 16.2. The van der Waals surface area contributed by atoms with Gasteiger partial charge in [-0.05, 0) is 68.5 Å². The van der Waals surface area contributed by atoms with Crippen molar-refractivity contribution < 1.29 is 4.79 Å². The van der Waals surface area contributed by atoms with Gasteiger partial charge in [0.1, 0.15) is 6.33 Å². The number of benzene rings is 2. The zero-order chi connectivity index (χ0) is 22.3. The second-order valence-electron chi connectivity index (χ2n) is 8.10. The van der Waals surface area contributed by atoms with Gasteiger partial charge < -0.3 is 15.1 Å². The van der Waals surface area contributed by atoms with Crippen molar-refractivity contribution in [1.29, 1.82) is 0 Å². The number of aryl methyl sites for hydroxylation is 1. The minimum atomic E-state index is 0.00116. The lowest BCUT2D eigenvalue weighted by atomic mass is 10.1. The Bertz CT molecular complexity index is 1050. The lowest BCUT2D eigenvalue weighted by Gasteiger charge is -2.26. The molecule has 0 bridgehead atoms. The molecule has 0 radical (unpaired) electrons. The van der Waals surface area contributed by atoms with Crippen LogP contribution in [0.3, 0.4) is 0 Å². The Balaban J connectivity index is 1.39. The number of nitrogens with zero attached hydrogens (tertiary/aromatic N) is 5. The van der Waals surface area contributed by atoms with E-state index in [0.29, 0.717) is 24.6 Å². The van der Waals surface area contributed by atoms with E-state index in [2.05, 4.69) is 25.2 Å². The van der Waals surface area contributed by atoms with Gasteiger partial charge in [0.25, 0.3) is 5.91 Å². The molecule has 1 aromatic heterocycles. The third-order valence-corrected chi connectivity index (χ3v) is 5.72. The van der Waals surface area contributed by atoms with Crippen LogP contribution in [-0.2, 0) is 6.54 Å². The van der Waals surface area contributed by atoms with Gasteiger partial charge in [0, 0.05) is 37.4 Å². The van der Waals surface area contributed by atoms with Crippen LogP contribution in [-0.4, -0.2) is 40.5 Å². The SMILES string of the molecule is CCN(C(=O)c1ccc(CNc2ncnc(N3CCCCC3)n2)cc1)c1cccc(C)c1. The number of carbonyl (C=O) groups excluding carboxylic acids is 1. The number of aromatic nitrogens is 3. The Kier molecular flexibility index (Phi) is 6.94. The maximum absolute atomic E-state index is 13.0. The summed E-state index contributed by atoms with van der Waals surface area (Å²) in [7, 11) is 0. The summed E-state index contributed by atoms with van der Waals surface area (Å²) in [6, 6.07) is 15.7. The van der Waals surface area contributed by atoms with Crippen molar-refractivity contribution in [2.75, 3.05) is 34.8 Å². The number of piperidine rings is 1. The molecule has 7 nitrogen and oxygen atoms in total. The van der Waals surface area contributed by atoms with Crippen LogP contribution in [0.5, 0.6) is 0 Å². The Morgan fingerprint density at radius 3 is 2.56 bits per heavy atom. The molecule has 1 N–H and O–H groups in total. The Labute approximate surface area is 189 Å². The average molecular weight is 431 g/mol. The molecule has 0 spiro atoms.